The van der Waals surface area contributed by atoms with Gasteiger partial charge in [0.2, 0.25) is 0 Å². The molecule has 25 heavy (non-hydrogen) atoms. The Bertz CT molecular complexity index is 1000. The van der Waals surface area contributed by atoms with E-state index >= 15 is 0 Å². The molecule has 3 heterocycles. The van der Waals surface area contributed by atoms with Gasteiger partial charge in [0.1, 0.15) is 5.69 Å². The summed E-state index contributed by atoms with van der Waals surface area (Å²) in [6.07, 6.45) is 3.59. The zero-order valence-corrected chi connectivity index (χ0v) is 13.7. The summed E-state index contributed by atoms with van der Waals surface area (Å²) in [7, 11) is 1.71. The molecule has 0 spiro atoms. The average molecular weight is 335 g/mol. The van der Waals surface area contributed by atoms with Crippen LogP contribution >= 0.6 is 0 Å². The lowest BCUT2D eigenvalue weighted by molar-refractivity contribution is 0.0766. The molecule has 0 unspecified atom stereocenters. The van der Waals surface area contributed by atoms with Gasteiger partial charge in [-0.05, 0) is 23.6 Å². The molecule has 7 nitrogen and oxygen atoms in total. The van der Waals surface area contributed by atoms with E-state index in [0.717, 1.165) is 11.2 Å². The summed E-state index contributed by atoms with van der Waals surface area (Å²) in [5.41, 5.74) is 2.40. The van der Waals surface area contributed by atoms with Crippen LogP contribution in [0.3, 0.4) is 0 Å². The number of amides is 1. The number of fused-ring (bicyclic) bond motifs is 1. The molecular formula is C18H17N5O2. The highest BCUT2D eigenvalue weighted by atomic mass is 16.5. The normalized spacial score (nSPS) is 11.1. The van der Waals surface area contributed by atoms with Crippen LogP contribution in [0.25, 0.3) is 10.9 Å². The molecule has 7 heteroatoms. The number of hydrogen-bond donors (Lipinski definition) is 1. The Balaban J connectivity index is 1.49. The molecule has 0 atom stereocenters. The third-order valence-electron chi connectivity index (χ3n) is 4.10. The van der Waals surface area contributed by atoms with Crippen LogP contribution < -0.4 is 0 Å². The molecule has 4 aromatic rings. The molecule has 0 saturated heterocycles. The van der Waals surface area contributed by atoms with Gasteiger partial charge in [-0.3, -0.25) is 9.89 Å². The molecule has 4 rings (SSSR count). The Kier molecular flexibility index (Phi) is 3.81. The van der Waals surface area contributed by atoms with Crippen molar-refractivity contribution in [1.82, 2.24) is 24.8 Å². The van der Waals surface area contributed by atoms with Crippen LogP contribution in [-0.2, 0) is 13.1 Å². The third kappa shape index (κ3) is 3.03. The van der Waals surface area contributed by atoms with E-state index in [1.165, 1.54) is 5.39 Å². The summed E-state index contributed by atoms with van der Waals surface area (Å²) in [5.74, 6) is 0.460. The summed E-state index contributed by atoms with van der Waals surface area (Å²) in [4.78, 5) is 14.0. The predicted octanol–water partition coefficient (Wildman–Crippen LogP) is 2.67. The summed E-state index contributed by atoms with van der Waals surface area (Å²) < 4.78 is 7.15. The van der Waals surface area contributed by atoms with Crippen LogP contribution in [0.5, 0.6) is 0 Å². The van der Waals surface area contributed by atoms with Crippen LogP contribution in [0, 0.1) is 0 Å². The van der Waals surface area contributed by atoms with Gasteiger partial charge in [-0.1, -0.05) is 23.4 Å². The Morgan fingerprint density at radius 1 is 1.28 bits per heavy atom. The number of nitrogens with one attached hydrogen (secondary N) is 1. The molecule has 0 aliphatic heterocycles. The van der Waals surface area contributed by atoms with Crippen LogP contribution in [0.1, 0.15) is 21.9 Å². The van der Waals surface area contributed by atoms with Crippen molar-refractivity contribution in [2.45, 2.75) is 13.1 Å². The minimum Gasteiger partial charge on any atom is -0.360 e. The highest BCUT2D eigenvalue weighted by Crippen LogP contribution is 2.16. The molecule has 1 amide bonds. The molecule has 3 aromatic heterocycles. The minimum absolute atomic E-state index is 0.170. The molecule has 126 valence electrons. The number of aromatic amines is 1. The van der Waals surface area contributed by atoms with E-state index < -0.39 is 0 Å². The van der Waals surface area contributed by atoms with Crippen molar-refractivity contribution in [2.24, 2.45) is 0 Å². The topological polar surface area (TPSA) is 80.0 Å². The molecule has 0 bridgehead atoms. The number of benzene rings is 1. The summed E-state index contributed by atoms with van der Waals surface area (Å²) in [5, 5.41) is 11.9. The van der Waals surface area contributed by atoms with Gasteiger partial charge >= 0.3 is 0 Å². The van der Waals surface area contributed by atoms with E-state index in [4.69, 9.17) is 4.52 Å². The van der Waals surface area contributed by atoms with Crippen molar-refractivity contribution in [3.05, 3.63) is 72.0 Å². The van der Waals surface area contributed by atoms with Gasteiger partial charge in [0.15, 0.2) is 5.76 Å². The maximum atomic E-state index is 12.5. The third-order valence-corrected chi connectivity index (χ3v) is 4.10. The lowest BCUT2D eigenvalue weighted by Gasteiger charge is -2.13. The molecule has 0 saturated carbocycles. The largest absolute Gasteiger partial charge is 0.360 e. The van der Waals surface area contributed by atoms with E-state index in [9.17, 15) is 4.79 Å². The lowest BCUT2D eigenvalue weighted by Crippen LogP contribution is -2.26. The van der Waals surface area contributed by atoms with Gasteiger partial charge in [0.25, 0.3) is 5.91 Å². The maximum Gasteiger partial charge on any atom is 0.274 e. The Morgan fingerprint density at radius 2 is 2.16 bits per heavy atom. The monoisotopic (exact) mass is 335 g/mol. The molecule has 1 N–H and O–H groups in total. The van der Waals surface area contributed by atoms with E-state index in [1.807, 2.05) is 18.3 Å². The van der Waals surface area contributed by atoms with E-state index in [2.05, 4.69) is 38.1 Å². The van der Waals surface area contributed by atoms with Crippen molar-refractivity contribution in [2.75, 3.05) is 7.05 Å². The predicted molar refractivity (Wildman–Crippen MR) is 91.9 cm³/mol. The Labute approximate surface area is 143 Å². The second-order valence-electron chi connectivity index (χ2n) is 5.92. The molecule has 0 radical (unpaired) electrons. The van der Waals surface area contributed by atoms with Gasteiger partial charge in [-0.15, -0.1) is 0 Å². The molecule has 0 aliphatic rings. The number of nitrogens with zero attached hydrogens (tertiary/aromatic N) is 4. The highest BCUT2D eigenvalue weighted by molar-refractivity contribution is 5.92. The summed E-state index contributed by atoms with van der Waals surface area (Å²) in [6.45, 7) is 0.975. The van der Waals surface area contributed by atoms with Gasteiger partial charge in [-0.25, -0.2) is 0 Å². The van der Waals surface area contributed by atoms with Crippen molar-refractivity contribution in [3.8, 4) is 0 Å². The van der Waals surface area contributed by atoms with Gasteiger partial charge in [0, 0.05) is 24.8 Å². The van der Waals surface area contributed by atoms with Crippen molar-refractivity contribution in [3.63, 3.8) is 0 Å². The first kappa shape index (κ1) is 15.2. The number of H-pyrrole nitrogens is 1. The Hall–Kier alpha value is -3.35. The summed E-state index contributed by atoms with van der Waals surface area (Å²) >= 11 is 0. The molecule has 0 aliphatic carbocycles. The second-order valence-corrected chi connectivity index (χ2v) is 5.92. The fraction of sp³-hybridized carbons (Fsp3) is 0.167. The first-order valence-corrected chi connectivity index (χ1v) is 7.94. The van der Waals surface area contributed by atoms with Crippen molar-refractivity contribution >= 4 is 16.8 Å². The summed E-state index contributed by atoms with van der Waals surface area (Å²) in [6, 6.07) is 13.8. The van der Waals surface area contributed by atoms with Crippen molar-refractivity contribution in [1.29, 1.82) is 0 Å². The fourth-order valence-electron chi connectivity index (χ4n) is 2.84. The average Bonchev–Trinajstić information content (AvgIpc) is 3.36. The number of para-hydroxylation sites is 1. The quantitative estimate of drug-likeness (QED) is 0.608. The number of rotatable bonds is 5. The fourth-order valence-corrected chi connectivity index (χ4v) is 2.84. The van der Waals surface area contributed by atoms with Crippen LogP contribution in [-0.4, -0.2) is 37.8 Å². The Morgan fingerprint density at radius 3 is 3.00 bits per heavy atom. The molecule has 1 aromatic carbocycles. The van der Waals surface area contributed by atoms with E-state index in [-0.39, 0.29) is 5.91 Å². The molecular weight excluding hydrogens is 318 g/mol. The van der Waals surface area contributed by atoms with Gasteiger partial charge < -0.3 is 14.0 Å². The number of hydrogen-bond acceptors (Lipinski definition) is 4. The smallest absolute Gasteiger partial charge is 0.274 e. The lowest BCUT2D eigenvalue weighted by atomic mass is 10.2. The minimum atomic E-state index is -0.170. The molecule has 0 fully saturated rings. The van der Waals surface area contributed by atoms with E-state index in [1.54, 1.807) is 30.3 Å². The standard InChI is InChI=1S/C18H17N5O2/c1-22(12-15-6-8-19-25-15)18(24)16-10-14(20-21-16)11-23-9-7-13-4-2-3-5-17(13)23/h2-10H,11-12H2,1H3,(H,20,21). The van der Waals surface area contributed by atoms with E-state index in [0.29, 0.717) is 24.5 Å². The zero-order valence-electron chi connectivity index (χ0n) is 13.7. The highest BCUT2D eigenvalue weighted by Gasteiger charge is 2.17. The van der Waals surface area contributed by atoms with Crippen LogP contribution in [0.15, 0.2) is 59.4 Å². The van der Waals surface area contributed by atoms with Gasteiger partial charge in [0.05, 0.1) is 25.0 Å². The van der Waals surface area contributed by atoms with Crippen LogP contribution in [0.2, 0.25) is 0 Å². The van der Waals surface area contributed by atoms with Crippen LogP contribution in [0.4, 0.5) is 0 Å². The number of carbonyl (C=O) groups excluding carboxylic acids is 1. The zero-order chi connectivity index (χ0) is 17.2. The van der Waals surface area contributed by atoms with Crippen molar-refractivity contribution < 1.29 is 9.32 Å². The second kappa shape index (κ2) is 6.27. The number of carbonyl (C=O) groups is 1. The SMILES string of the molecule is CN(Cc1ccno1)C(=O)c1cc(Cn2ccc3ccccc32)[nH]n1. The maximum absolute atomic E-state index is 12.5. The van der Waals surface area contributed by atoms with Gasteiger partial charge in [-0.2, -0.15) is 5.10 Å². The first-order valence-electron chi connectivity index (χ1n) is 7.94. The number of aromatic nitrogens is 4. The first-order chi connectivity index (χ1) is 12.2.